The van der Waals surface area contributed by atoms with Gasteiger partial charge < -0.3 is 9.64 Å². The van der Waals surface area contributed by atoms with E-state index in [0.717, 1.165) is 13.1 Å². The molecule has 116 valence electrons. The molecule has 1 aromatic rings. The maximum Gasteiger partial charge on any atom is 0.270 e. The van der Waals surface area contributed by atoms with Gasteiger partial charge in [0.2, 0.25) is 0 Å². The predicted molar refractivity (Wildman–Crippen MR) is 87.8 cm³/mol. The van der Waals surface area contributed by atoms with E-state index < -0.39 is 0 Å². The van der Waals surface area contributed by atoms with Gasteiger partial charge in [-0.05, 0) is 12.1 Å². The number of benzene rings is 1. The van der Waals surface area contributed by atoms with Crippen LogP contribution in [0.3, 0.4) is 0 Å². The Kier molecular flexibility index (Phi) is 4.87. The first-order valence-electron chi connectivity index (χ1n) is 7.06. The molecule has 0 atom stereocenters. The second-order valence-electron chi connectivity index (χ2n) is 5.15. The van der Waals surface area contributed by atoms with E-state index in [1.807, 2.05) is 0 Å². The number of hydrogen-bond acceptors (Lipinski definition) is 4. The van der Waals surface area contributed by atoms with Crippen LogP contribution in [0.2, 0.25) is 0 Å². The van der Waals surface area contributed by atoms with E-state index in [1.54, 1.807) is 29.2 Å². The lowest BCUT2D eigenvalue weighted by Crippen LogP contribution is -3.15. The third-order valence-corrected chi connectivity index (χ3v) is 5.02. The summed E-state index contributed by atoms with van der Waals surface area (Å²) in [6.07, 6.45) is 1.57. The number of halogens is 1. The molecule has 4 nitrogen and oxygen atoms in total. The number of nitrogens with one attached hydrogen (secondary N) is 1. The molecule has 2 fully saturated rings. The fourth-order valence-corrected chi connectivity index (χ4v) is 3.66. The van der Waals surface area contributed by atoms with Gasteiger partial charge in [-0.2, -0.15) is 0 Å². The van der Waals surface area contributed by atoms with Crippen LogP contribution in [0.25, 0.3) is 6.08 Å². The number of nitrogens with zero attached hydrogens (tertiary/aromatic N) is 1. The van der Waals surface area contributed by atoms with Gasteiger partial charge in [0.25, 0.3) is 5.91 Å². The molecular weight excluding hydrogens is 323 g/mol. The van der Waals surface area contributed by atoms with Crippen LogP contribution in [0.4, 0.5) is 4.39 Å². The number of thioether (sulfide) groups is 1. The molecule has 2 aliphatic rings. The minimum absolute atomic E-state index is 0.141. The molecule has 2 heterocycles. The van der Waals surface area contributed by atoms with Crippen LogP contribution in [0.5, 0.6) is 0 Å². The Morgan fingerprint density at radius 1 is 1.36 bits per heavy atom. The smallest absolute Gasteiger partial charge is 0.270 e. The molecule has 22 heavy (non-hydrogen) atoms. The van der Waals surface area contributed by atoms with Gasteiger partial charge in [0.1, 0.15) is 18.9 Å². The lowest BCUT2D eigenvalue weighted by molar-refractivity contribution is -0.914. The van der Waals surface area contributed by atoms with Gasteiger partial charge in [0.05, 0.1) is 18.1 Å². The summed E-state index contributed by atoms with van der Waals surface area (Å²) in [4.78, 5) is 15.8. The van der Waals surface area contributed by atoms with Gasteiger partial charge in [0, 0.05) is 5.56 Å². The molecule has 0 aromatic heterocycles. The molecule has 0 bridgehead atoms. The Labute approximate surface area is 137 Å². The molecular formula is C15H16FN2O2S2+. The molecule has 0 saturated carbocycles. The lowest BCUT2D eigenvalue weighted by atomic mass is 10.2. The van der Waals surface area contributed by atoms with Crippen molar-refractivity contribution in [2.45, 2.75) is 0 Å². The molecule has 1 aromatic carbocycles. The molecule has 1 amide bonds. The summed E-state index contributed by atoms with van der Waals surface area (Å²) < 4.78 is 19.6. The predicted octanol–water partition coefficient (Wildman–Crippen LogP) is 0.899. The summed E-state index contributed by atoms with van der Waals surface area (Å²) in [5, 5.41) is 0. The molecule has 2 saturated heterocycles. The Balaban J connectivity index is 1.75. The van der Waals surface area contributed by atoms with E-state index in [-0.39, 0.29) is 11.7 Å². The number of quaternary nitrogens is 1. The van der Waals surface area contributed by atoms with E-state index >= 15 is 0 Å². The number of hydrogen-bond donors (Lipinski definition) is 1. The normalized spacial score (nSPS) is 21.9. The average Bonchev–Trinajstić information content (AvgIpc) is 2.78. The highest BCUT2D eigenvalue weighted by atomic mass is 32.2. The van der Waals surface area contributed by atoms with Crippen molar-refractivity contribution < 1.29 is 18.8 Å². The SMILES string of the molecule is O=C1/C(=C/c2ccccc2F)SC(=S)N1C[NH+]1CCOCC1. The molecule has 2 aliphatic heterocycles. The van der Waals surface area contributed by atoms with Crippen LogP contribution in [0, 0.1) is 5.82 Å². The zero-order valence-corrected chi connectivity index (χ0v) is 13.5. The van der Waals surface area contributed by atoms with E-state index in [0.29, 0.717) is 34.7 Å². The summed E-state index contributed by atoms with van der Waals surface area (Å²) in [5.74, 6) is -0.483. The van der Waals surface area contributed by atoms with Crippen LogP contribution in [0.15, 0.2) is 29.2 Å². The van der Waals surface area contributed by atoms with Gasteiger partial charge in [0.15, 0.2) is 11.0 Å². The van der Waals surface area contributed by atoms with Crippen LogP contribution in [0.1, 0.15) is 5.56 Å². The number of morpholine rings is 1. The largest absolute Gasteiger partial charge is 0.370 e. The van der Waals surface area contributed by atoms with E-state index in [2.05, 4.69) is 0 Å². The first-order chi connectivity index (χ1) is 10.6. The Morgan fingerprint density at radius 3 is 2.82 bits per heavy atom. The standard InChI is InChI=1S/C15H15FN2O2S2/c16-12-4-2-1-3-11(12)9-13-14(19)18(15(21)22-13)10-17-5-7-20-8-6-17/h1-4,9H,5-8,10H2/p+1/b13-9-. The Hall–Kier alpha value is -1.28. The minimum Gasteiger partial charge on any atom is -0.370 e. The van der Waals surface area contributed by atoms with Crippen LogP contribution in [-0.4, -0.2) is 48.1 Å². The fourth-order valence-electron chi connectivity index (χ4n) is 2.41. The van der Waals surface area contributed by atoms with Crippen LogP contribution >= 0.6 is 24.0 Å². The van der Waals surface area contributed by atoms with Crippen LogP contribution < -0.4 is 4.90 Å². The van der Waals surface area contributed by atoms with Crippen molar-refractivity contribution in [2.75, 3.05) is 33.0 Å². The Bertz CT molecular complexity index is 630. The van der Waals surface area contributed by atoms with Gasteiger partial charge in [-0.3, -0.25) is 4.79 Å². The maximum atomic E-state index is 13.7. The fraction of sp³-hybridized carbons (Fsp3) is 0.333. The summed E-state index contributed by atoms with van der Waals surface area (Å²) in [6, 6.07) is 6.40. The highest BCUT2D eigenvalue weighted by Gasteiger charge is 2.35. The summed E-state index contributed by atoms with van der Waals surface area (Å²) in [6.45, 7) is 3.68. The average molecular weight is 339 g/mol. The van der Waals surface area contributed by atoms with Gasteiger partial charge in [-0.15, -0.1) is 0 Å². The number of carbonyl (C=O) groups excluding carboxylic acids is 1. The summed E-state index contributed by atoms with van der Waals surface area (Å²) >= 11 is 6.53. The number of ether oxygens (including phenoxy) is 1. The highest BCUT2D eigenvalue weighted by molar-refractivity contribution is 8.26. The van der Waals surface area contributed by atoms with E-state index in [1.165, 1.54) is 22.7 Å². The lowest BCUT2D eigenvalue weighted by Gasteiger charge is -2.27. The van der Waals surface area contributed by atoms with Crippen molar-refractivity contribution in [3.05, 3.63) is 40.6 Å². The van der Waals surface area contributed by atoms with Crippen molar-refractivity contribution >= 4 is 40.3 Å². The maximum absolute atomic E-state index is 13.7. The first kappa shape index (κ1) is 15.6. The molecule has 0 spiro atoms. The number of rotatable bonds is 3. The molecule has 1 N–H and O–H groups in total. The van der Waals surface area contributed by atoms with Crippen molar-refractivity contribution in [1.29, 1.82) is 0 Å². The highest BCUT2D eigenvalue weighted by Crippen LogP contribution is 2.32. The second-order valence-corrected chi connectivity index (χ2v) is 6.83. The van der Waals surface area contributed by atoms with E-state index in [9.17, 15) is 9.18 Å². The van der Waals surface area contributed by atoms with Crippen molar-refractivity contribution in [3.63, 3.8) is 0 Å². The van der Waals surface area contributed by atoms with E-state index in [4.69, 9.17) is 17.0 Å². The van der Waals surface area contributed by atoms with Gasteiger partial charge in [-0.25, -0.2) is 9.29 Å². The molecule has 0 radical (unpaired) electrons. The third-order valence-electron chi connectivity index (χ3n) is 3.65. The van der Waals surface area contributed by atoms with Gasteiger partial charge >= 0.3 is 0 Å². The summed E-state index contributed by atoms with van der Waals surface area (Å²) in [5.41, 5.74) is 0.404. The topological polar surface area (TPSA) is 34.0 Å². The third kappa shape index (κ3) is 3.38. The van der Waals surface area contributed by atoms with Crippen LogP contribution in [-0.2, 0) is 9.53 Å². The summed E-state index contributed by atoms with van der Waals surface area (Å²) in [7, 11) is 0. The van der Waals surface area contributed by atoms with Crippen molar-refractivity contribution in [2.24, 2.45) is 0 Å². The molecule has 0 unspecified atom stereocenters. The number of amides is 1. The number of carbonyl (C=O) groups is 1. The van der Waals surface area contributed by atoms with Gasteiger partial charge in [-0.1, -0.05) is 42.2 Å². The zero-order valence-electron chi connectivity index (χ0n) is 11.9. The Morgan fingerprint density at radius 2 is 2.09 bits per heavy atom. The first-order valence-corrected chi connectivity index (χ1v) is 8.29. The zero-order chi connectivity index (χ0) is 15.5. The minimum atomic E-state index is -0.341. The second kappa shape index (κ2) is 6.87. The molecule has 0 aliphatic carbocycles. The molecule has 7 heteroatoms. The molecule has 3 rings (SSSR count). The quantitative estimate of drug-likeness (QED) is 0.655. The van der Waals surface area contributed by atoms with Crippen molar-refractivity contribution in [3.8, 4) is 0 Å². The monoisotopic (exact) mass is 339 g/mol. The number of thiocarbonyl (C=S) groups is 1. The van der Waals surface area contributed by atoms with Crippen molar-refractivity contribution in [1.82, 2.24) is 4.90 Å².